The highest BCUT2D eigenvalue weighted by Gasteiger charge is 2.23. The van der Waals surface area contributed by atoms with E-state index >= 15 is 0 Å². The third kappa shape index (κ3) is 2.80. The predicted molar refractivity (Wildman–Crippen MR) is 62.6 cm³/mol. The number of rotatable bonds is 4. The molecule has 6 nitrogen and oxygen atoms in total. The standard InChI is InChI=1S/C12H11F2N3O3/c1-2-19-12(18)11-16-10(17-20-11)9(15)7-5-6(13)3-4-8(7)14/h3-5,9H,2,15H2,1H3. The maximum Gasteiger partial charge on any atom is 0.397 e. The number of benzene rings is 1. The van der Waals surface area contributed by atoms with Crippen LogP contribution in [0.5, 0.6) is 0 Å². The number of nitrogens with zero attached hydrogens (tertiary/aromatic N) is 2. The van der Waals surface area contributed by atoms with E-state index in [1.54, 1.807) is 6.92 Å². The zero-order valence-corrected chi connectivity index (χ0v) is 10.5. The Morgan fingerprint density at radius 3 is 2.95 bits per heavy atom. The number of esters is 1. The third-order valence-electron chi connectivity index (χ3n) is 2.46. The summed E-state index contributed by atoms with van der Waals surface area (Å²) in [5, 5.41) is 3.47. The summed E-state index contributed by atoms with van der Waals surface area (Å²) in [7, 11) is 0. The van der Waals surface area contributed by atoms with Gasteiger partial charge in [-0.25, -0.2) is 13.6 Å². The number of carbonyl (C=O) groups is 1. The molecule has 0 radical (unpaired) electrons. The van der Waals surface area contributed by atoms with Crippen LogP contribution in [-0.4, -0.2) is 22.7 Å². The van der Waals surface area contributed by atoms with Crippen molar-refractivity contribution >= 4 is 5.97 Å². The van der Waals surface area contributed by atoms with Gasteiger partial charge in [0.05, 0.1) is 12.6 Å². The summed E-state index contributed by atoms with van der Waals surface area (Å²) in [5.74, 6) is -2.70. The second-order valence-corrected chi connectivity index (χ2v) is 3.82. The molecule has 1 unspecified atom stereocenters. The van der Waals surface area contributed by atoms with Gasteiger partial charge >= 0.3 is 11.9 Å². The van der Waals surface area contributed by atoms with Gasteiger partial charge in [0.1, 0.15) is 11.6 Å². The predicted octanol–water partition coefficient (Wildman–Crippen LogP) is 1.57. The van der Waals surface area contributed by atoms with E-state index in [0.29, 0.717) is 0 Å². The Labute approximate surface area is 112 Å². The van der Waals surface area contributed by atoms with Gasteiger partial charge in [-0.15, -0.1) is 0 Å². The van der Waals surface area contributed by atoms with E-state index in [9.17, 15) is 13.6 Å². The van der Waals surface area contributed by atoms with E-state index in [0.717, 1.165) is 18.2 Å². The Morgan fingerprint density at radius 1 is 1.50 bits per heavy atom. The van der Waals surface area contributed by atoms with Crippen molar-refractivity contribution in [2.24, 2.45) is 5.73 Å². The molecule has 0 saturated carbocycles. The number of aromatic nitrogens is 2. The Balaban J connectivity index is 2.27. The van der Waals surface area contributed by atoms with Crippen molar-refractivity contribution in [1.82, 2.24) is 10.1 Å². The number of hydrogen-bond donors (Lipinski definition) is 1. The molecular formula is C12H11F2N3O3. The van der Waals surface area contributed by atoms with E-state index in [2.05, 4.69) is 19.4 Å². The molecule has 8 heteroatoms. The lowest BCUT2D eigenvalue weighted by Gasteiger charge is -2.08. The largest absolute Gasteiger partial charge is 0.459 e. The second-order valence-electron chi connectivity index (χ2n) is 3.82. The maximum atomic E-state index is 13.6. The van der Waals surface area contributed by atoms with Crippen LogP contribution in [0.2, 0.25) is 0 Å². The van der Waals surface area contributed by atoms with Crippen molar-refractivity contribution in [2.45, 2.75) is 13.0 Å². The van der Waals surface area contributed by atoms with Crippen LogP contribution in [0.3, 0.4) is 0 Å². The molecule has 0 aliphatic carbocycles. The van der Waals surface area contributed by atoms with E-state index < -0.39 is 29.5 Å². The van der Waals surface area contributed by atoms with Crippen LogP contribution in [0.4, 0.5) is 8.78 Å². The minimum atomic E-state index is -1.15. The highest BCUT2D eigenvalue weighted by atomic mass is 19.1. The molecule has 2 N–H and O–H groups in total. The fourth-order valence-corrected chi connectivity index (χ4v) is 1.53. The molecule has 1 aromatic heterocycles. The van der Waals surface area contributed by atoms with Gasteiger partial charge < -0.3 is 15.0 Å². The van der Waals surface area contributed by atoms with Crippen LogP contribution >= 0.6 is 0 Å². The maximum absolute atomic E-state index is 13.6. The summed E-state index contributed by atoms with van der Waals surface area (Å²) in [6.45, 7) is 1.75. The van der Waals surface area contributed by atoms with Crippen molar-refractivity contribution in [3.63, 3.8) is 0 Å². The Kier molecular flexibility index (Phi) is 4.04. The van der Waals surface area contributed by atoms with Crippen molar-refractivity contribution in [2.75, 3.05) is 6.61 Å². The molecule has 2 rings (SSSR count). The van der Waals surface area contributed by atoms with Crippen molar-refractivity contribution in [3.05, 3.63) is 47.1 Å². The van der Waals surface area contributed by atoms with Crippen LogP contribution in [0, 0.1) is 11.6 Å². The lowest BCUT2D eigenvalue weighted by molar-refractivity contribution is 0.0470. The van der Waals surface area contributed by atoms with Gasteiger partial charge in [-0.2, -0.15) is 4.98 Å². The number of ether oxygens (including phenoxy) is 1. The highest BCUT2D eigenvalue weighted by Crippen LogP contribution is 2.21. The van der Waals surface area contributed by atoms with Crippen LogP contribution in [0.15, 0.2) is 22.7 Å². The summed E-state index contributed by atoms with van der Waals surface area (Å²) in [6, 6.07) is 1.68. The molecule has 0 saturated heterocycles. The average Bonchev–Trinajstić information content (AvgIpc) is 2.91. The van der Waals surface area contributed by atoms with E-state index in [1.165, 1.54) is 0 Å². The molecule has 1 aromatic carbocycles. The first-order chi connectivity index (χ1) is 9.52. The lowest BCUT2D eigenvalue weighted by atomic mass is 10.1. The summed E-state index contributed by atoms with van der Waals surface area (Å²) in [4.78, 5) is 15.1. The highest BCUT2D eigenvalue weighted by molar-refractivity contribution is 5.83. The molecule has 1 atom stereocenters. The Bertz CT molecular complexity index is 630. The molecule has 2 aromatic rings. The van der Waals surface area contributed by atoms with Gasteiger partial charge in [0.25, 0.3) is 0 Å². The molecule has 1 heterocycles. The van der Waals surface area contributed by atoms with Gasteiger partial charge in [0, 0.05) is 5.56 Å². The topological polar surface area (TPSA) is 91.2 Å². The van der Waals surface area contributed by atoms with Gasteiger partial charge in [-0.3, -0.25) is 0 Å². The van der Waals surface area contributed by atoms with Crippen molar-refractivity contribution in [1.29, 1.82) is 0 Å². The van der Waals surface area contributed by atoms with Crippen LogP contribution in [-0.2, 0) is 4.74 Å². The first-order valence-electron chi connectivity index (χ1n) is 5.74. The molecule has 0 fully saturated rings. The molecule has 0 amide bonds. The van der Waals surface area contributed by atoms with Crippen molar-refractivity contribution < 1.29 is 22.8 Å². The fourth-order valence-electron chi connectivity index (χ4n) is 1.53. The minimum absolute atomic E-state index is 0.138. The lowest BCUT2D eigenvalue weighted by Crippen LogP contribution is -2.16. The smallest absolute Gasteiger partial charge is 0.397 e. The molecule has 0 spiro atoms. The number of halogens is 2. The van der Waals surface area contributed by atoms with E-state index in [4.69, 9.17) is 5.73 Å². The summed E-state index contributed by atoms with van der Waals surface area (Å²) < 4.78 is 36.0. The minimum Gasteiger partial charge on any atom is -0.459 e. The molecular weight excluding hydrogens is 272 g/mol. The average molecular weight is 283 g/mol. The number of carbonyl (C=O) groups excluding carboxylic acids is 1. The molecule has 0 bridgehead atoms. The normalized spacial score (nSPS) is 12.2. The van der Waals surface area contributed by atoms with Crippen LogP contribution in [0.25, 0.3) is 0 Å². The first-order valence-corrected chi connectivity index (χ1v) is 5.74. The molecule has 0 aliphatic heterocycles. The number of hydrogen-bond acceptors (Lipinski definition) is 6. The fraction of sp³-hybridized carbons (Fsp3) is 0.250. The van der Waals surface area contributed by atoms with Crippen molar-refractivity contribution in [3.8, 4) is 0 Å². The summed E-state index contributed by atoms with van der Waals surface area (Å²) >= 11 is 0. The second kappa shape index (κ2) is 5.74. The SMILES string of the molecule is CCOC(=O)c1nc(C(N)c2cc(F)ccc2F)no1. The Hall–Kier alpha value is -2.35. The first kappa shape index (κ1) is 14.1. The van der Waals surface area contributed by atoms with Gasteiger partial charge in [0.2, 0.25) is 0 Å². The van der Waals surface area contributed by atoms with Crippen LogP contribution < -0.4 is 5.73 Å². The quantitative estimate of drug-likeness (QED) is 0.856. The third-order valence-corrected chi connectivity index (χ3v) is 2.46. The summed E-state index contributed by atoms with van der Waals surface area (Å²) in [5.41, 5.74) is 5.59. The molecule has 0 aliphatic rings. The number of nitrogens with two attached hydrogens (primary N) is 1. The van der Waals surface area contributed by atoms with Crippen LogP contribution in [0.1, 0.15) is 35.0 Å². The van der Waals surface area contributed by atoms with Gasteiger partial charge in [-0.05, 0) is 25.1 Å². The molecule has 20 heavy (non-hydrogen) atoms. The van der Waals surface area contributed by atoms with E-state index in [1.807, 2.05) is 0 Å². The zero-order valence-electron chi connectivity index (χ0n) is 10.5. The summed E-state index contributed by atoms with van der Waals surface area (Å²) in [6.07, 6.45) is 0. The zero-order chi connectivity index (χ0) is 14.7. The monoisotopic (exact) mass is 283 g/mol. The van der Waals surface area contributed by atoms with Gasteiger partial charge in [0.15, 0.2) is 5.82 Å². The van der Waals surface area contributed by atoms with E-state index in [-0.39, 0.29) is 18.0 Å². The Morgan fingerprint density at radius 2 is 2.25 bits per heavy atom. The molecule has 106 valence electrons. The van der Waals surface area contributed by atoms with Gasteiger partial charge in [-0.1, -0.05) is 5.16 Å².